The zero-order chi connectivity index (χ0) is 37.1. The number of anilines is 6. The highest BCUT2D eigenvalue weighted by molar-refractivity contribution is 5.98. The fourth-order valence-electron chi connectivity index (χ4n) is 8.54. The van der Waals surface area contributed by atoms with Gasteiger partial charge in [-0.15, -0.1) is 0 Å². The molecule has 0 amide bonds. The molecule has 0 fully saturated rings. The number of benzene rings is 8. The molecule has 8 aromatic carbocycles. The van der Waals surface area contributed by atoms with Crippen LogP contribution in [-0.2, 0) is 5.41 Å². The van der Waals surface area contributed by atoms with E-state index in [1.54, 1.807) is 0 Å². The summed E-state index contributed by atoms with van der Waals surface area (Å²) in [5.74, 6) is 1.79. The maximum Gasteiger partial charge on any atom is 0.159 e. The molecule has 0 spiro atoms. The van der Waals surface area contributed by atoms with Gasteiger partial charge in [-0.25, -0.2) is 0 Å². The van der Waals surface area contributed by atoms with Gasteiger partial charge in [0.25, 0.3) is 0 Å². The van der Waals surface area contributed by atoms with Crippen LogP contribution < -0.4 is 14.5 Å². The van der Waals surface area contributed by atoms with Crippen molar-refractivity contribution in [2.24, 2.45) is 0 Å². The standard InChI is InChI=1S/C52H40N2O/c1-35-13-12-20-48-49(35)54-47-19-11-10-18-45(47)52(2,3)46-34-33-44(51(55-48)50(46)54)40-23-21-37(22-24-40)39-27-31-43(32-28-39)53(41-16-8-5-9-17-41)42-29-25-38(26-30-42)36-14-6-4-7-15-36/h4-34H,1-3H3. The molecule has 0 N–H and O–H groups in total. The smallest absolute Gasteiger partial charge is 0.159 e. The Morgan fingerprint density at radius 1 is 0.436 bits per heavy atom. The minimum atomic E-state index is -0.184. The fourth-order valence-corrected chi connectivity index (χ4v) is 8.54. The third-order valence-corrected chi connectivity index (χ3v) is 11.4. The summed E-state index contributed by atoms with van der Waals surface area (Å²) in [7, 11) is 0. The van der Waals surface area contributed by atoms with E-state index in [4.69, 9.17) is 4.74 Å². The van der Waals surface area contributed by atoms with Gasteiger partial charge in [0.05, 0.1) is 17.1 Å². The van der Waals surface area contributed by atoms with Crippen molar-refractivity contribution in [2.45, 2.75) is 26.2 Å². The van der Waals surface area contributed by atoms with Crippen molar-refractivity contribution in [3.8, 4) is 44.9 Å². The van der Waals surface area contributed by atoms with Gasteiger partial charge in [-0.1, -0.05) is 153 Å². The van der Waals surface area contributed by atoms with Crippen LogP contribution in [0, 0.1) is 6.92 Å². The molecular weight excluding hydrogens is 669 g/mol. The minimum absolute atomic E-state index is 0.184. The first-order chi connectivity index (χ1) is 27.0. The number of rotatable bonds is 6. The Kier molecular flexibility index (Phi) is 7.71. The van der Waals surface area contributed by atoms with Crippen LogP contribution in [0.15, 0.2) is 188 Å². The number of ether oxygens (including phenoxy) is 1. The molecule has 3 nitrogen and oxygen atoms in total. The molecule has 0 unspecified atom stereocenters. The van der Waals surface area contributed by atoms with Crippen LogP contribution in [0.25, 0.3) is 33.4 Å². The molecule has 0 atom stereocenters. The molecule has 264 valence electrons. The summed E-state index contributed by atoms with van der Waals surface area (Å²) in [6.07, 6.45) is 0. The van der Waals surface area contributed by atoms with Gasteiger partial charge in [-0.05, 0) is 100.0 Å². The first-order valence-electron chi connectivity index (χ1n) is 19.0. The van der Waals surface area contributed by atoms with Crippen molar-refractivity contribution < 1.29 is 4.74 Å². The Bertz CT molecular complexity index is 2680. The predicted molar refractivity (Wildman–Crippen MR) is 229 cm³/mol. The average Bonchev–Trinajstić information content (AvgIpc) is 3.24. The van der Waals surface area contributed by atoms with Crippen LogP contribution in [0.3, 0.4) is 0 Å². The number of nitrogens with zero attached hydrogens (tertiary/aromatic N) is 2. The number of para-hydroxylation sites is 3. The van der Waals surface area contributed by atoms with E-state index in [0.717, 1.165) is 51.1 Å². The predicted octanol–water partition coefficient (Wildman–Crippen LogP) is 14.7. The second kappa shape index (κ2) is 12.9. The molecule has 0 aliphatic carbocycles. The topological polar surface area (TPSA) is 15.7 Å². The summed E-state index contributed by atoms with van der Waals surface area (Å²) in [5, 5.41) is 0. The summed E-state index contributed by atoms with van der Waals surface area (Å²) in [6.45, 7) is 6.83. The Labute approximate surface area is 323 Å². The lowest BCUT2D eigenvalue weighted by atomic mass is 9.72. The highest BCUT2D eigenvalue weighted by Crippen LogP contribution is 2.62. The number of fused-ring (bicyclic) bond motifs is 4. The average molecular weight is 709 g/mol. The lowest BCUT2D eigenvalue weighted by molar-refractivity contribution is 0.472. The van der Waals surface area contributed by atoms with Crippen molar-refractivity contribution in [3.63, 3.8) is 0 Å². The van der Waals surface area contributed by atoms with Crippen LogP contribution in [-0.4, -0.2) is 0 Å². The maximum absolute atomic E-state index is 6.91. The Balaban J connectivity index is 0.992. The molecular formula is C52H40N2O. The Hall–Kier alpha value is -6.84. The second-order valence-corrected chi connectivity index (χ2v) is 15.0. The molecule has 0 saturated heterocycles. The van der Waals surface area contributed by atoms with Crippen molar-refractivity contribution >= 4 is 34.1 Å². The lowest BCUT2D eigenvalue weighted by Crippen LogP contribution is -2.32. The lowest BCUT2D eigenvalue weighted by Gasteiger charge is -2.45. The van der Waals surface area contributed by atoms with Crippen molar-refractivity contribution in [1.82, 2.24) is 0 Å². The quantitative estimate of drug-likeness (QED) is 0.171. The van der Waals surface area contributed by atoms with Gasteiger partial charge < -0.3 is 14.5 Å². The molecule has 0 saturated carbocycles. The Morgan fingerprint density at radius 2 is 0.964 bits per heavy atom. The molecule has 0 bridgehead atoms. The summed E-state index contributed by atoms with van der Waals surface area (Å²) in [6, 6.07) is 67.4. The molecule has 10 rings (SSSR count). The van der Waals surface area contributed by atoms with E-state index in [9.17, 15) is 0 Å². The van der Waals surface area contributed by atoms with Gasteiger partial charge in [0.2, 0.25) is 0 Å². The van der Waals surface area contributed by atoms with E-state index in [-0.39, 0.29) is 5.41 Å². The first-order valence-corrected chi connectivity index (χ1v) is 19.0. The van der Waals surface area contributed by atoms with E-state index in [0.29, 0.717) is 0 Å². The second-order valence-electron chi connectivity index (χ2n) is 15.0. The maximum atomic E-state index is 6.91. The van der Waals surface area contributed by atoms with Crippen molar-refractivity contribution in [2.75, 3.05) is 9.80 Å². The largest absolute Gasteiger partial charge is 0.452 e. The summed E-state index contributed by atoms with van der Waals surface area (Å²) >= 11 is 0. The fraction of sp³-hybridized carbons (Fsp3) is 0.0769. The molecule has 0 aromatic heterocycles. The molecule has 0 radical (unpaired) electrons. The summed E-state index contributed by atoms with van der Waals surface area (Å²) in [5.41, 5.74) is 17.4. The molecule has 8 aromatic rings. The van der Waals surface area contributed by atoms with Gasteiger partial charge in [0, 0.05) is 28.0 Å². The third kappa shape index (κ3) is 5.42. The number of hydrogen-bond acceptors (Lipinski definition) is 3. The van der Waals surface area contributed by atoms with Crippen LogP contribution >= 0.6 is 0 Å². The number of hydrogen-bond donors (Lipinski definition) is 0. The molecule has 2 aliphatic heterocycles. The molecule has 55 heavy (non-hydrogen) atoms. The van der Waals surface area contributed by atoms with Crippen LogP contribution in [0.2, 0.25) is 0 Å². The van der Waals surface area contributed by atoms with E-state index in [2.05, 4.69) is 219 Å². The third-order valence-electron chi connectivity index (χ3n) is 11.4. The Morgan fingerprint density at radius 3 is 1.62 bits per heavy atom. The zero-order valence-corrected chi connectivity index (χ0v) is 31.2. The highest BCUT2D eigenvalue weighted by Gasteiger charge is 2.42. The van der Waals surface area contributed by atoms with E-state index < -0.39 is 0 Å². The van der Waals surface area contributed by atoms with Crippen molar-refractivity contribution in [1.29, 1.82) is 0 Å². The van der Waals surface area contributed by atoms with Gasteiger partial charge >= 0.3 is 0 Å². The van der Waals surface area contributed by atoms with Crippen LogP contribution in [0.5, 0.6) is 11.5 Å². The summed E-state index contributed by atoms with van der Waals surface area (Å²) < 4.78 is 6.91. The van der Waals surface area contributed by atoms with E-state index in [1.165, 1.54) is 44.6 Å². The zero-order valence-electron chi connectivity index (χ0n) is 31.2. The van der Waals surface area contributed by atoms with Crippen LogP contribution in [0.4, 0.5) is 34.1 Å². The van der Waals surface area contributed by atoms with E-state index in [1.807, 2.05) is 0 Å². The molecule has 3 heteroatoms. The normalized spacial score (nSPS) is 13.3. The van der Waals surface area contributed by atoms with Gasteiger partial charge in [0.15, 0.2) is 11.5 Å². The van der Waals surface area contributed by atoms with Gasteiger partial charge in [0.1, 0.15) is 0 Å². The molecule has 2 aliphatic rings. The van der Waals surface area contributed by atoms with Gasteiger partial charge in [-0.2, -0.15) is 0 Å². The van der Waals surface area contributed by atoms with Crippen LogP contribution in [0.1, 0.15) is 30.5 Å². The monoisotopic (exact) mass is 708 g/mol. The SMILES string of the molecule is Cc1cccc2c1N1c3ccccc3C(C)(C)c3ccc(-c4ccc(-c5ccc(N(c6ccccc6)c6ccc(-c7ccccc7)cc6)cc5)cc4)c(c31)O2. The summed E-state index contributed by atoms with van der Waals surface area (Å²) in [4.78, 5) is 4.75. The minimum Gasteiger partial charge on any atom is -0.452 e. The van der Waals surface area contributed by atoms with Crippen molar-refractivity contribution in [3.05, 3.63) is 205 Å². The van der Waals surface area contributed by atoms with Gasteiger partial charge in [-0.3, -0.25) is 0 Å². The molecule has 2 heterocycles. The highest BCUT2D eigenvalue weighted by atomic mass is 16.5. The van der Waals surface area contributed by atoms with E-state index >= 15 is 0 Å². The number of aryl methyl sites for hydroxylation is 1. The first kappa shape index (κ1) is 32.8.